The van der Waals surface area contributed by atoms with Crippen molar-refractivity contribution in [3.05, 3.63) is 35.5 Å². The highest BCUT2D eigenvalue weighted by Gasteiger charge is 2.11. The van der Waals surface area contributed by atoms with Gasteiger partial charge in [0, 0.05) is 22.7 Å². The molecule has 1 unspecified atom stereocenters. The Morgan fingerprint density at radius 3 is 3.00 bits per heavy atom. The maximum atomic E-state index is 9.78. The maximum absolute atomic E-state index is 9.78. The van der Waals surface area contributed by atoms with Gasteiger partial charge in [-0.2, -0.15) is 5.26 Å². The van der Waals surface area contributed by atoms with E-state index < -0.39 is 6.10 Å². The Hall–Kier alpha value is -1.79. The molecule has 15 heavy (non-hydrogen) atoms. The molecule has 3 nitrogen and oxygen atoms in total. The Morgan fingerprint density at radius 2 is 2.33 bits per heavy atom. The number of aliphatic hydroxyl groups excluding tert-OH is 1. The van der Waals surface area contributed by atoms with E-state index in [1.165, 1.54) is 0 Å². The molecule has 0 amide bonds. The minimum atomic E-state index is -0.465. The molecule has 0 saturated carbocycles. The number of hydrogen-bond acceptors (Lipinski definition) is 2. The van der Waals surface area contributed by atoms with Gasteiger partial charge in [-0.05, 0) is 24.6 Å². The Morgan fingerprint density at radius 1 is 1.53 bits per heavy atom. The van der Waals surface area contributed by atoms with E-state index in [0.717, 1.165) is 16.5 Å². The lowest BCUT2D eigenvalue weighted by Gasteiger charge is -2.05. The van der Waals surface area contributed by atoms with E-state index in [1.54, 1.807) is 18.3 Å². The van der Waals surface area contributed by atoms with Crippen LogP contribution in [0.1, 0.15) is 30.6 Å². The first-order valence-electron chi connectivity index (χ1n) is 4.95. The lowest BCUT2D eigenvalue weighted by atomic mass is 10.0. The summed E-state index contributed by atoms with van der Waals surface area (Å²) in [7, 11) is 0. The minimum absolute atomic E-state index is 0.465. The van der Waals surface area contributed by atoms with Gasteiger partial charge in [-0.25, -0.2) is 0 Å². The predicted molar refractivity (Wildman–Crippen MR) is 58.3 cm³/mol. The quantitative estimate of drug-likeness (QED) is 0.782. The second-order valence-electron chi connectivity index (χ2n) is 3.54. The van der Waals surface area contributed by atoms with Gasteiger partial charge in [0.1, 0.15) is 0 Å². The summed E-state index contributed by atoms with van der Waals surface area (Å²) in [6.45, 7) is 1.93. The van der Waals surface area contributed by atoms with Gasteiger partial charge in [0.15, 0.2) is 0 Å². The van der Waals surface area contributed by atoms with Crippen molar-refractivity contribution in [2.45, 2.75) is 19.4 Å². The van der Waals surface area contributed by atoms with E-state index in [-0.39, 0.29) is 0 Å². The molecule has 0 aliphatic rings. The number of nitriles is 1. The number of H-pyrrole nitrogens is 1. The Kier molecular flexibility index (Phi) is 2.44. The topological polar surface area (TPSA) is 59.8 Å². The average Bonchev–Trinajstić information content (AvgIpc) is 2.70. The third kappa shape index (κ3) is 1.60. The Bertz CT molecular complexity index is 522. The molecule has 1 aromatic carbocycles. The van der Waals surface area contributed by atoms with Gasteiger partial charge in [-0.3, -0.25) is 0 Å². The maximum Gasteiger partial charge on any atom is 0.0991 e. The lowest BCUT2D eigenvalue weighted by molar-refractivity contribution is 0.175. The second-order valence-corrected chi connectivity index (χ2v) is 3.54. The Labute approximate surface area is 88.0 Å². The zero-order chi connectivity index (χ0) is 10.8. The third-order valence-corrected chi connectivity index (χ3v) is 2.59. The number of nitrogens with zero attached hydrogens (tertiary/aromatic N) is 1. The summed E-state index contributed by atoms with van der Waals surface area (Å²) in [6, 6.07) is 7.53. The van der Waals surface area contributed by atoms with Gasteiger partial charge < -0.3 is 10.1 Å². The molecule has 2 rings (SSSR count). The van der Waals surface area contributed by atoms with E-state index >= 15 is 0 Å². The van der Waals surface area contributed by atoms with Crippen molar-refractivity contribution < 1.29 is 5.11 Å². The van der Waals surface area contributed by atoms with Crippen LogP contribution in [0, 0.1) is 11.3 Å². The standard InChI is InChI=1S/C12H12N2O/c1-2-12(15)10-7-14-11-4-3-8(6-13)5-9(10)11/h3-5,7,12,14-15H,2H2,1H3. The van der Waals surface area contributed by atoms with Gasteiger partial charge in [-0.15, -0.1) is 0 Å². The zero-order valence-electron chi connectivity index (χ0n) is 8.49. The first-order chi connectivity index (χ1) is 7.26. The summed E-state index contributed by atoms with van der Waals surface area (Å²) in [5.41, 5.74) is 2.44. The van der Waals surface area contributed by atoms with Crippen LogP contribution in [-0.4, -0.2) is 10.1 Å². The molecule has 0 radical (unpaired) electrons. The smallest absolute Gasteiger partial charge is 0.0991 e. The van der Waals surface area contributed by atoms with Gasteiger partial charge in [-0.1, -0.05) is 6.92 Å². The lowest BCUT2D eigenvalue weighted by Crippen LogP contribution is -1.93. The van der Waals surface area contributed by atoms with Crippen molar-refractivity contribution in [2.75, 3.05) is 0 Å². The first kappa shape index (κ1) is 9.75. The van der Waals surface area contributed by atoms with Crippen LogP contribution < -0.4 is 0 Å². The first-order valence-corrected chi connectivity index (χ1v) is 4.95. The van der Waals surface area contributed by atoms with Crippen LogP contribution >= 0.6 is 0 Å². The number of nitrogens with one attached hydrogen (secondary N) is 1. The number of benzene rings is 1. The van der Waals surface area contributed by atoms with Gasteiger partial charge in [0.25, 0.3) is 0 Å². The molecule has 1 atom stereocenters. The molecule has 0 fully saturated rings. The Balaban J connectivity index is 2.62. The van der Waals surface area contributed by atoms with Gasteiger partial charge in [0.2, 0.25) is 0 Å². The number of fused-ring (bicyclic) bond motifs is 1. The van der Waals surface area contributed by atoms with E-state index in [4.69, 9.17) is 5.26 Å². The summed E-state index contributed by atoms with van der Waals surface area (Å²) in [6.07, 6.45) is 2.01. The van der Waals surface area contributed by atoms with Crippen LogP contribution in [0.4, 0.5) is 0 Å². The monoisotopic (exact) mass is 200 g/mol. The molecular formula is C12H12N2O. The molecule has 1 aromatic heterocycles. The molecule has 76 valence electrons. The number of aromatic nitrogens is 1. The van der Waals surface area contributed by atoms with E-state index in [2.05, 4.69) is 11.1 Å². The summed E-state index contributed by atoms with van der Waals surface area (Å²) in [4.78, 5) is 3.09. The molecule has 0 aliphatic carbocycles. The van der Waals surface area contributed by atoms with E-state index in [9.17, 15) is 5.11 Å². The molecular weight excluding hydrogens is 188 g/mol. The van der Waals surface area contributed by atoms with E-state index in [1.807, 2.05) is 13.0 Å². The van der Waals surface area contributed by atoms with Gasteiger partial charge in [0.05, 0.1) is 17.7 Å². The highest BCUT2D eigenvalue weighted by atomic mass is 16.3. The molecule has 2 aromatic rings. The van der Waals surface area contributed by atoms with Crippen molar-refractivity contribution in [3.8, 4) is 6.07 Å². The third-order valence-electron chi connectivity index (χ3n) is 2.59. The zero-order valence-corrected chi connectivity index (χ0v) is 8.49. The minimum Gasteiger partial charge on any atom is -0.388 e. The number of aliphatic hydroxyl groups is 1. The van der Waals surface area contributed by atoms with E-state index in [0.29, 0.717) is 12.0 Å². The highest BCUT2D eigenvalue weighted by molar-refractivity contribution is 5.84. The van der Waals surface area contributed by atoms with Crippen LogP contribution in [0.15, 0.2) is 24.4 Å². The normalized spacial score (nSPS) is 12.6. The van der Waals surface area contributed by atoms with Crippen molar-refractivity contribution in [1.29, 1.82) is 5.26 Å². The summed E-state index contributed by atoms with van der Waals surface area (Å²) in [5, 5.41) is 19.5. The fourth-order valence-corrected chi connectivity index (χ4v) is 1.71. The summed E-state index contributed by atoms with van der Waals surface area (Å²) in [5.74, 6) is 0. The summed E-state index contributed by atoms with van der Waals surface area (Å²) < 4.78 is 0. The number of hydrogen-bond donors (Lipinski definition) is 2. The fourth-order valence-electron chi connectivity index (χ4n) is 1.71. The molecule has 0 aliphatic heterocycles. The van der Waals surface area contributed by atoms with Crippen molar-refractivity contribution in [1.82, 2.24) is 4.98 Å². The average molecular weight is 200 g/mol. The fraction of sp³-hybridized carbons (Fsp3) is 0.250. The molecule has 0 saturated heterocycles. The molecule has 3 heteroatoms. The van der Waals surface area contributed by atoms with Crippen molar-refractivity contribution in [2.24, 2.45) is 0 Å². The SMILES string of the molecule is CCC(O)c1c[nH]c2ccc(C#N)cc12. The van der Waals surface area contributed by atoms with Crippen LogP contribution in [0.2, 0.25) is 0 Å². The van der Waals surface area contributed by atoms with Crippen LogP contribution in [-0.2, 0) is 0 Å². The summed E-state index contributed by atoms with van der Waals surface area (Å²) >= 11 is 0. The van der Waals surface area contributed by atoms with Crippen molar-refractivity contribution >= 4 is 10.9 Å². The van der Waals surface area contributed by atoms with Crippen molar-refractivity contribution in [3.63, 3.8) is 0 Å². The number of rotatable bonds is 2. The number of aromatic amines is 1. The van der Waals surface area contributed by atoms with Gasteiger partial charge >= 0.3 is 0 Å². The van der Waals surface area contributed by atoms with Crippen LogP contribution in [0.5, 0.6) is 0 Å². The molecule has 2 N–H and O–H groups in total. The molecule has 0 bridgehead atoms. The van der Waals surface area contributed by atoms with Crippen LogP contribution in [0.25, 0.3) is 10.9 Å². The predicted octanol–water partition coefficient (Wildman–Crippen LogP) is 2.48. The molecule has 1 heterocycles. The largest absolute Gasteiger partial charge is 0.388 e. The second kappa shape index (κ2) is 3.76. The highest BCUT2D eigenvalue weighted by Crippen LogP contribution is 2.26. The molecule has 0 spiro atoms. The van der Waals surface area contributed by atoms with Crippen LogP contribution in [0.3, 0.4) is 0 Å².